The Kier molecular flexibility index (Phi) is 4.62. The quantitative estimate of drug-likeness (QED) is 0.879. The van der Waals surface area contributed by atoms with Gasteiger partial charge in [0.25, 0.3) is 0 Å². The number of nitrogens with two attached hydrogens (primary N) is 1. The lowest BCUT2D eigenvalue weighted by molar-refractivity contribution is 0.523. The summed E-state index contributed by atoms with van der Waals surface area (Å²) in [5.74, 6) is 0.670. The molecule has 0 bridgehead atoms. The van der Waals surface area contributed by atoms with Gasteiger partial charge in [-0.15, -0.1) is 0 Å². The van der Waals surface area contributed by atoms with Crippen LogP contribution >= 0.6 is 11.6 Å². The van der Waals surface area contributed by atoms with Gasteiger partial charge in [0.2, 0.25) is 0 Å². The van der Waals surface area contributed by atoms with Gasteiger partial charge in [-0.3, -0.25) is 0 Å². The second-order valence-corrected chi connectivity index (χ2v) is 5.60. The van der Waals surface area contributed by atoms with Crippen molar-refractivity contribution in [3.05, 3.63) is 70.2 Å². The highest BCUT2D eigenvalue weighted by Crippen LogP contribution is 2.33. The van der Waals surface area contributed by atoms with Crippen LogP contribution in [-0.2, 0) is 0 Å². The van der Waals surface area contributed by atoms with Crippen LogP contribution in [0.15, 0.2) is 48.5 Å². The first-order valence-corrected chi connectivity index (χ1v) is 7.01. The van der Waals surface area contributed by atoms with Crippen molar-refractivity contribution >= 4 is 11.6 Å². The monoisotopic (exact) mass is 273 g/mol. The molecule has 2 N–H and O–H groups in total. The predicted molar refractivity (Wildman–Crippen MR) is 82.7 cm³/mol. The molecule has 2 heteroatoms. The summed E-state index contributed by atoms with van der Waals surface area (Å²) in [5, 5.41) is 0.777. The molecule has 0 amide bonds. The molecule has 2 atom stereocenters. The molecular formula is C17H20ClN. The fourth-order valence-corrected chi connectivity index (χ4v) is 2.75. The molecule has 2 rings (SSSR count). The van der Waals surface area contributed by atoms with Crippen molar-refractivity contribution in [2.75, 3.05) is 6.54 Å². The highest BCUT2D eigenvalue weighted by Gasteiger charge is 2.20. The molecule has 0 aromatic heterocycles. The Hall–Kier alpha value is -1.31. The zero-order valence-electron chi connectivity index (χ0n) is 11.4. The van der Waals surface area contributed by atoms with E-state index in [0.717, 1.165) is 5.02 Å². The fraction of sp³-hybridized carbons (Fsp3) is 0.294. The van der Waals surface area contributed by atoms with E-state index in [2.05, 4.69) is 44.2 Å². The lowest BCUT2D eigenvalue weighted by atomic mass is 9.81. The SMILES string of the molecule is Cc1cccc(C(c2cccc(Cl)c2)C(C)CN)c1. The molecule has 0 radical (unpaired) electrons. The highest BCUT2D eigenvalue weighted by molar-refractivity contribution is 6.30. The molecule has 2 aromatic carbocycles. The van der Waals surface area contributed by atoms with Gasteiger partial charge in [0.15, 0.2) is 0 Å². The van der Waals surface area contributed by atoms with E-state index in [4.69, 9.17) is 17.3 Å². The van der Waals surface area contributed by atoms with Crippen molar-refractivity contribution in [1.82, 2.24) is 0 Å². The number of hydrogen-bond donors (Lipinski definition) is 1. The Morgan fingerprint density at radius 3 is 2.26 bits per heavy atom. The summed E-state index contributed by atoms with van der Waals surface area (Å²) in [6, 6.07) is 16.7. The van der Waals surface area contributed by atoms with Gasteiger partial charge in [0.1, 0.15) is 0 Å². The molecule has 2 aromatic rings. The molecule has 19 heavy (non-hydrogen) atoms. The first kappa shape index (κ1) is 14.1. The average molecular weight is 274 g/mol. The minimum absolute atomic E-state index is 0.295. The summed E-state index contributed by atoms with van der Waals surface area (Å²) in [6.07, 6.45) is 0. The molecule has 0 fully saturated rings. The minimum Gasteiger partial charge on any atom is -0.330 e. The van der Waals surface area contributed by atoms with E-state index in [1.54, 1.807) is 0 Å². The van der Waals surface area contributed by atoms with Crippen molar-refractivity contribution in [3.8, 4) is 0 Å². The smallest absolute Gasteiger partial charge is 0.0408 e. The van der Waals surface area contributed by atoms with Crippen LogP contribution in [0.1, 0.15) is 29.5 Å². The van der Waals surface area contributed by atoms with Crippen LogP contribution in [0, 0.1) is 12.8 Å². The molecule has 100 valence electrons. The second-order valence-electron chi connectivity index (χ2n) is 5.16. The Balaban J connectivity index is 2.47. The predicted octanol–water partition coefficient (Wildman–Crippen LogP) is 4.38. The van der Waals surface area contributed by atoms with Crippen LogP contribution in [0.4, 0.5) is 0 Å². The van der Waals surface area contributed by atoms with Crippen molar-refractivity contribution in [2.24, 2.45) is 11.7 Å². The van der Waals surface area contributed by atoms with Crippen LogP contribution in [0.2, 0.25) is 5.02 Å². The summed E-state index contributed by atoms with van der Waals surface area (Å²) >= 11 is 6.12. The number of hydrogen-bond acceptors (Lipinski definition) is 1. The molecule has 0 aliphatic heterocycles. The molecule has 1 nitrogen and oxygen atoms in total. The van der Waals surface area contributed by atoms with E-state index in [9.17, 15) is 0 Å². The number of aryl methyl sites for hydroxylation is 1. The van der Waals surface area contributed by atoms with E-state index in [-0.39, 0.29) is 0 Å². The number of benzene rings is 2. The summed E-state index contributed by atoms with van der Waals surface area (Å²) in [4.78, 5) is 0. The van der Waals surface area contributed by atoms with Crippen molar-refractivity contribution in [2.45, 2.75) is 19.8 Å². The van der Waals surface area contributed by atoms with E-state index in [1.807, 2.05) is 18.2 Å². The largest absolute Gasteiger partial charge is 0.330 e. The van der Waals surface area contributed by atoms with Gasteiger partial charge in [-0.25, -0.2) is 0 Å². The molecule has 0 aliphatic carbocycles. The summed E-state index contributed by atoms with van der Waals surface area (Å²) in [6.45, 7) is 4.96. The van der Waals surface area contributed by atoms with E-state index >= 15 is 0 Å². The molecule has 0 spiro atoms. The zero-order chi connectivity index (χ0) is 13.8. The van der Waals surface area contributed by atoms with Gasteiger partial charge in [0, 0.05) is 10.9 Å². The van der Waals surface area contributed by atoms with Crippen molar-refractivity contribution in [1.29, 1.82) is 0 Å². The van der Waals surface area contributed by atoms with Crippen LogP contribution < -0.4 is 5.73 Å². The van der Waals surface area contributed by atoms with E-state index in [1.165, 1.54) is 16.7 Å². The third-order valence-electron chi connectivity index (χ3n) is 3.55. The normalized spacial score (nSPS) is 14.1. The maximum absolute atomic E-state index is 6.12. The molecule has 0 heterocycles. The van der Waals surface area contributed by atoms with Crippen LogP contribution in [0.3, 0.4) is 0 Å². The Bertz CT molecular complexity index is 505. The van der Waals surface area contributed by atoms with Gasteiger partial charge in [-0.05, 0) is 42.6 Å². The second kappa shape index (κ2) is 6.23. The standard InChI is InChI=1S/C17H20ClN/c1-12-5-3-6-14(9-12)17(13(2)11-19)15-7-4-8-16(18)10-15/h3-10,13,17H,11,19H2,1-2H3. The van der Waals surface area contributed by atoms with Gasteiger partial charge in [-0.2, -0.15) is 0 Å². The maximum atomic E-state index is 6.12. The van der Waals surface area contributed by atoms with Crippen molar-refractivity contribution < 1.29 is 0 Å². The Labute approximate surface area is 120 Å². The first-order chi connectivity index (χ1) is 9.11. The summed E-state index contributed by atoms with van der Waals surface area (Å²) in [5.41, 5.74) is 9.70. The molecular weight excluding hydrogens is 254 g/mol. The average Bonchev–Trinajstić information content (AvgIpc) is 2.39. The Morgan fingerprint density at radius 1 is 1.05 bits per heavy atom. The highest BCUT2D eigenvalue weighted by atomic mass is 35.5. The fourth-order valence-electron chi connectivity index (χ4n) is 2.55. The van der Waals surface area contributed by atoms with Crippen LogP contribution in [0.25, 0.3) is 0 Å². The van der Waals surface area contributed by atoms with Gasteiger partial charge in [-0.1, -0.05) is 60.5 Å². The Morgan fingerprint density at radius 2 is 1.68 bits per heavy atom. The third-order valence-corrected chi connectivity index (χ3v) is 3.78. The zero-order valence-corrected chi connectivity index (χ0v) is 12.2. The number of rotatable bonds is 4. The van der Waals surface area contributed by atoms with Crippen molar-refractivity contribution in [3.63, 3.8) is 0 Å². The first-order valence-electron chi connectivity index (χ1n) is 6.64. The maximum Gasteiger partial charge on any atom is 0.0408 e. The molecule has 0 saturated heterocycles. The van der Waals surface area contributed by atoms with Crippen LogP contribution in [0.5, 0.6) is 0 Å². The third kappa shape index (κ3) is 3.37. The van der Waals surface area contributed by atoms with E-state index < -0.39 is 0 Å². The van der Waals surface area contributed by atoms with Gasteiger partial charge >= 0.3 is 0 Å². The summed E-state index contributed by atoms with van der Waals surface area (Å²) < 4.78 is 0. The lowest BCUT2D eigenvalue weighted by Gasteiger charge is -2.24. The molecule has 2 unspecified atom stereocenters. The van der Waals surface area contributed by atoms with Crippen LogP contribution in [-0.4, -0.2) is 6.54 Å². The van der Waals surface area contributed by atoms with E-state index in [0.29, 0.717) is 18.4 Å². The molecule has 0 saturated carbocycles. The number of halogens is 1. The van der Waals surface area contributed by atoms with Gasteiger partial charge in [0.05, 0.1) is 0 Å². The summed E-state index contributed by atoms with van der Waals surface area (Å²) in [7, 11) is 0. The lowest BCUT2D eigenvalue weighted by Crippen LogP contribution is -2.20. The van der Waals surface area contributed by atoms with Gasteiger partial charge < -0.3 is 5.73 Å². The molecule has 0 aliphatic rings. The topological polar surface area (TPSA) is 26.0 Å². The minimum atomic E-state index is 0.295.